The summed E-state index contributed by atoms with van der Waals surface area (Å²) in [6.45, 7) is 0. The Bertz CT molecular complexity index is 1110. The molecule has 0 atom stereocenters. The quantitative estimate of drug-likeness (QED) is 0.249. The van der Waals surface area contributed by atoms with Crippen LogP contribution < -0.4 is 4.74 Å². The van der Waals surface area contributed by atoms with E-state index >= 15 is 0 Å². The van der Waals surface area contributed by atoms with Crippen LogP contribution in [0.3, 0.4) is 0 Å². The number of alkyl halides is 3. The van der Waals surface area contributed by atoms with Gasteiger partial charge in [0.25, 0.3) is 0 Å². The average Bonchev–Trinajstić information content (AvgIpc) is 2.75. The lowest BCUT2D eigenvalue weighted by molar-refractivity contribution is -0.138. The Morgan fingerprint density at radius 2 is 1.87 bits per heavy atom. The third-order valence-corrected chi connectivity index (χ3v) is 5.19. The number of methoxy groups -OCH3 is 1. The lowest BCUT2D eigenvalue weighted by Gasteiger charge is -2.10. The Morgan fingerprint density at radius 3 is 2.55 bits per heavy atom. The van der Waals surface area contributed by atoms with Gasteiger partial charge < -0.3 is 9.57 Å². The van der Waals surface area contributed by atoms with Crippen LogP contribution in [0.5, 0.6) is 5.75 Å². The average molecular weight is 467 g/mol. The number of hydrogen-bond acceptors (Lipinski definition) is 6. The number of carbonyl (C=O) groups excluding carboxylic acids is 1. The van der Waals surface area contributed by atoms with E-state index in [2.05, 4.69) is 10.1 Å². The highest BCUT2D eigenvalue weighted by atomic mass is 35.5. The van der Waals surface area contributed by atoms with Gasteiger partial charge in [0.1, 0.15) is 11.3 Å². The van der Waals surface area contributed by atoms with Crippen LogP contribution in [0.25, 0.3) is 0 Å². The standard InChI is InChI=1S/C21H14ClF3N2O3S/c1-29-18-5-3-2-4-16(18)20(28)30-27-12-17-19(10-13(11-26-17)21(23,24)25)31-15-8-6-14(22)7-9-15/h2-12H,1H3/b27-12+. The maximum atomic E-state index is 13.1. The van der Waals surface area contributed by atoms with Crippen molar-refractivity contribution in [3.05, 3.63) is 82.6 Å². The molecule has 0 fully saturated rings. The molecule has 0 spiro atoms. The van der Waals surface area contributed by atoms with Crippen molar-refractivity contribution < 1.29 is 27.5 Å². The van der Waals surface area contributed by atoms with Crippen LogP contribution >= 0.6 is 23.4 Å². The monoisotopic (exact) mass is 466 g/mol. The smallest absolute Gasteiger partial charge is 0.417 e. The molecule has 5 nitrogen and oxygen atoms in total. The van der Waals surface area contributed by atoms with Gasteiger partial charge in [0, 0.05) is 21.0 Å². The molecule has 3 rings (SSSR count). The molecule has 0 saturated heterocycles. The molecular formula is C21H14ClF3N2O3S. The molecule has 160 valence electrons. The second-order valence-electron chi connectivity index (χ2n) is 5.97. The summed E-state index contributed by atoms with van der Waals surface area (Å²) in [4.78, 5) is 21.7. The summed E-state index contributed by atoms with van der Waals surface area (Å²) < 4.78 is 44.5. The van der Waals surface area contributed by atoms with E-state index in [9.17, 15) is 18.0 Å². The first kappa shape index (κ1) is 22.6. The molecule has 0 saturated carbocycles. The molecule has 0 aliphatic carbocycles. The Kier molecular flexibility index (Phi) is 7.19. The lowest BCUT2D eigenvalue weighted by atomic mass is 10.2. The molecule has 2 aromatic carbocycles. The largest absolute Gasteiger partial charge is 0.496 e. The minimum absolute atomic E-state index is 0.0979. The van der Waals surface area contributed by atoms with Crippen molar-refractivity contribution in [2.75, 3.05) is 7.11 Å². The second kappa shape index (κ2) is 9.84. The summed E-state index contributed by atoms with van der Waals surface area (Å²) in [7, 11) is 1.40. The number of benzene rings is 2. The van der Waals surface area contributed by atoms with Crippen LogP contribution in [0.1, 0.15) is 21.6 Å². The van der Waals surface area contributed by atoms with Gasteiger partial charge in [0.2, 0.25) is 0 Å². The molecule has 0 amide bonds. The van der Waals surface area contributed by atoms with E-state index in [1.165, 1.54) is 13.2 Å². The van der Waals surface area contributed by atoms with Crippen molar-refractivity contribution in [2.45, 2.75) is 16.0 Å². The normalized spacial score (nSPS) is 11.5. The Labute approximate surface area is 184 Å². The Hall–Kier alpha value is -3.04. The summed E-state index contributed by atoms with van der Waals surface area (Å²) in [5.41, 5.74) is -0.661. The summed E-state index contributed by atoms with van der Waals surface area (Å²) in [5, 5.41) is 4.09. The number of rotatable bonds is 6. The molecule has 1 aromatic heterocycles. The second-order valence-corrected chi connectivity index (χ2v) is 7.53. The first-order chi connectivity index (χ1) is 14.8. The minimum Gasteiger partial charge on any atom is -0.496 e. The predicted molar refractivity (Wildman–Crippen MR) is 111 cm³/mol. The number of halogens is 4. The van der Waals surface area contributed by atoms with E-state index in [0.717, 1.165) is 24.0 Å². The molecule has 31 heavy (non-hydrogen) atoms. The van der Waals surface area contributed by atoms with Crippen LogP contribution in [-0.2, 0) is 11.0 Å². The molecule has 0 unspecified atom stereocenters. The van der Waals surface area contributed by atoms with E-state index in [1.54, 1.807) is 42.5 Å². The number of hydrogen-bond donors (Lipinski definition) is 0. The molecule has 3 aromatic rings. The zero-order valence-corrected chi connectivity index (χ0v) is 17.5. The number of nitrogens with zero attached hydrogens (tertiary/aromatic N) is 2. The van der Waals surface area contributed by atoms with Gasteiger partial charge in [-0.05, 0) is 42.5 Å². The SMILES string of the molecule is COc1ccccc1C(=O)O/N=C/c1ncc(C(F)(F)F)cc1Sc1ccc(Cl)cc1. The van der Waals surface area contributed by atoms with Crippen molar-refractivity contribution in [1.29, 1.82) is 0 Å². The first-order valence-corrected chi connectivity index (χ1v) is 9.86. The van der Waals surface area contributed by atoms with Crippen LogP contribution in [0.4, 0.5) is 13.2 Å². The van der Waals surface area contributed by atoms with E-state index in [1.807, 2.05) is 0 Å². The highest BCUT2D eigenvalue weighted by molar-refractivity contribution is 7.99. The molecule has 0 bridgehead atoms. The van der Waals surface area contributed by atoms with E-state index < -0.39 is 17.7 Å². The maximum absolute atomic E-state index is 13.1. The van der Waals surface area contributed by atoms with Gasteiger partial charge in [-0.2, -0.15) is 13.2 Å². The van der Waals surface area contributed by atoms with Crippen LogP contribution in [0, 0.1) is 0 Å². The van der Waals surface area contributed by atoms with Gasteiger partial charge in [-0.25, -0.2) is 4.79 Å². The van der Waals surface area contributed by atoms with E-state index in [4.69, 9.17) is 21.2 Å². The van der Waals surface area contributed by atoms with Crippen LogP contribution in [0.15, 0.2) is 75.7 Å². The zero-order chi connectivity index (χ0) is 22.4. The fourth-order valence-electron chi connectivity index (χ4n) is 2.41. The number of oxime groups is 1. The van der Waals surface area contributed by atoms with Gasteiger partial charge in [0.15, 0.2) is 0 Å². The molecule has 0 N–H and O–H groups in total. The molecule has 1 heterocycles. The van der Waals surface area contributed by atoms with Crippen molar-refractivity contribution in [3.8, 4) is 5.75 Å². The van der Waals surface area contributed by atoms with E-state index in [-0.39, 0.29) is 16.2 Å². The number of aromatic nitrogens is 1. The summed E-state index contributed by atoms with van der Waals surface area (Å²) in [6.07, 6.45) is -2.80. The van der Waals surface area contributed by atoms with E-state index in [0.29, 0.717) is 21.9 Å². The van der Waals surface area contributed by atoms with Crippen molar-refractivity contribution >= 4 is 35.5 Å². The van der Waals surface area contributed by atoms with Crippen molar-refractivity contribution in [1.82, 2.24) is 4.98 Å². The lowest BCUT2D eigenvalue weighted by Crippen LogP contribution is -2.07. The maximum Gasteiger partial charge on any atom is 0.417 e. The van der Waals surface area contributed by atoms with Crippen LogP contribution in [-0.4, -0.2) is 24.3 Å². The minimum atomic E-state index is -4.56. The summed E-state index contributed by atoms with van der Waals surface area (Å²) in [5.74, 6) is -0.484. The van der Waals surface area contributed by atoms with Gasteiger partial charge in [-0.3, -0.25) is 4.98 Å². The summed E-state index contributed by atoms with van der Waals surface area (Å²) in [6, 6.07) is 13.9. The van der Waals surface area contributed by atoms with Gasteiger partial charge >= 0.3 is 12.1 Å². The fraction of sp³-hybridized carbons (Fsp3) is 0.0952. The number of pyridine rings is 1. The predicted octanol–water partition coefficient (Wildman–Crippen LogP) is 6.10. The van der Waals surface area contributed by atoms with Gasteiger partial charge in [-0.1, -0.05) is 40.7 Å². The highest BCUT2D eigenvalue weighted by Crippen LogP contribution is 2.35. The highest BCUT2D eigenvalue weighted by Gasteiger charge is 2.31. The summed E-state index contributed by atoms with van der Waals surface area (Å²) >= 11 is 6.89. The number of carbonyl (C=O) groups is 1. The number of ether oxygens (including phenoxy) is 1. The third-order valence-electron chi connectivity index (χ3n) is 3.89. The molecule has 0 aliphatic heterocycles. The molecule has 10 heteroatoms. The van der Waals surface area contributed by atoms with Crippen molar-refractivity contribution in [2.24, 2.45) is 5.16 Å². The first-order valence-electron chi connectivity index (χ1n) is 8.66. The van der Waals surface area contributed by atoms with Crippen LogP contribution in [0.2, 0.25) is 5.02 Å². The fourth-order valence-corrected chi connectivity index (χ4v) is 3.45. The molecule has 0 radical (unpaired) electrons. The third kappa shape index (κ3) is 5.99. The number of para-hydroxylation sites is 1. The van der Waals surface area contributed by atoms with Gasteiger partial charge in [-0.15, -0.1) is 0 Å². The molecule has 0 aliphatic rings. The zero-order valence-electron chi connectivity index (χ0n) is 15.9. The molecular weight excluding hydrogens is 453 g/mol. The Balaban J connectivity index is 1.85. The van der Waals surface area contributed by atoms with Gasteiger partial charge in [0.05, 0.1) is 24.6 Å². The topological polar surface area (TPSA) is 60.8 Å². The van der Waals surface area contributed by atoms with Crippen molar-refractivity contribution in [3.63, 3.8) is 0 Å². The Morgan fingerprint density at radius 1 is 1.16 bits per heavy atom.